The van der Waals surface area contributed by atoms with Crippen molar-refractivity contribution in [1.82, 2.24) is 0 Å². The van der Waals surface area contributed by atoms with E-state index in [-0.39, 0.29) is 24.5 Å². The molecule has 4 nitrogen and oxygen atoms in total. The van der Waals surface area contributed by atoms with Gasteiger partial charge in [-0.2, -0.15) is 0 Å². The fraction of sp³-hybridized carbons (Fsp3) is 0.714. The van der Waals surface area contributed by atoms with Gasteiger partial charge in [-0.3, -0.25) is 4.79 Å². The van der Waals surface area contributed by atoms with E-state index < -0.39 is 5.97 Å². The first kappa shape index (κ1) is 13.3. The Morgan fingerprint density at radius 2 is 2.06 bits per heavy atom. The molecule has 1 N–H and O–H groups in total. The highest BCUT2D eigenvalue weighted by Gasteiger charge is 2.47. The second kappa shape index (κ2) is 6.14. The van der Waals surface area contributed by atoms with Gasteiger partial charge in [-0.05, 0) is 32.1 Å². The Kier molecular flexibility index (Phi) is 4.53. The molecule has 2 aliphatic rings. The molecule has 0 unspecified atom stereocenters. The van der Waals surface area contributed by atoms with Gasteiger partial charge in [-0.1, -0.05) is 12.2 Å². The number of carboxylic acids is 1. The summed E-state index contributed by atoms with van der Waals surface area (Å²) in [6, 6.07) is 0. The van der Waals surface area contributed by atoms with Crippen LogP contribution in [-0.4, -0.2) is 29.6 Å². The minimum Gasteiger partial charge on any atom is -0.481 e. The third-order valence-corrected chi connectivity index (χ3v) is 3.98. The molecule has 0 aromatic heterocycles. The molecule has 0 aliphatic carbocycles. The van der Waals surface area contributed by atoms with Gasteiger partial charge in [0.1, 0.15) is 6.29 Å². The number of carbonyl (C=O) groups is 2. The number of aliphatic carboxylic acids is 1. The zero-order valence-corrected chi connectivity index (χ0v) is 10.5. The van der Waals surface area contributed by atoms with Gasteiger partial charge in [-0.15, -0.1) is 0 Å². The minimum atomic E-state index is -0.745. The Bertz CT molecular complexity index is 337. The van der Waals surface area contributed by atoms with Crippen LogP contribution in [0.3, 0.4) is 0 Å². The second-order valence-electron chi connectivity index (χ2n) is 5.16. The summed E-state index contributed by atoms with van der Waals surface area (Å²) in [5.41, 5.74) is 0. The maximum Gasteiger partial charge on any atom is 0.303 e. The molecule has 0 aromatic carbocycles. The lowest BCUT2D eigenvalue weighted by Crippen LogP contribution is -2.27. The molecule has 0 spiro atoms. The fourth-order valence-corrected chi connectivity index (χ4v) is 3.05. The van der Waals surface area contributed by atoms with Crippen LogP contribution in [0.1, 0.15) is 38.5 Å². The van der Waals surface area contributed by atoms with Crippen molar-refractivity contribution in [2.45, 2.75) is 50.7 Å². The van der Waals surface area contributed by atoms with Crippen molar-refractivity contribution in [3.05, 3.63) is 12.2 Å². The van der Waals surface area contributed by atoms with Crippen LogP contribution < -0.4 is 0 Å². The van der Waals surface area contributed by atoms with E-state index >= 15 is 0 Å². The number of hydrogen-bond donors (Lipinski definition) is 1. The lowest BCUT2D eigenvalue weighted by molar-refractivity contribution is -0.137. The number of carboxylic acid groups (broad SMARTS) is 1. The molecule has 0 radical (unpaired) electrons. The molecular weight excluding hydrogens is 232 g/mol. The molecule has 2 bridgehead atoms. The van der Waals surface area contributed by atoms with Gasteiger partial charge in [0.25, 0.3) is 0 Å². The normalized spacial score (nSPS) is 34.2. The summed E-state index contributed by atoms with van der Waals surface area (Å²) in [6.07, 6.45) is 10.2. The molecule has 2 saturated heterocycles. The third-order valence-electron chi connectivity index (χ3n) is 3.98. The average molecular weight is 252 g/mol. The molecule has 0 aromatic rings. The van der Waals surface area contributed by atoms with E-state index in [1.807, 2.05) is 6.08 Å². The van der Waals surface area contributed by atoms with E-state index in [9.17, 15) is 9.59 Å². The number of fused-ring (bicyclic) bond motifs is 2. The topological polar surface area (TPSA) is 63.6 Å². The predicted molar refractivity (Wildman–Crippen MR) is 66.2 cm³/mol. The fourth-order valence-electron chi connectivity index (χ4n) is 3.05. The number of rotatable bonds is 7. The largest absolute Gasteiger partial charge is 0.481 e. The van der Waals surface area contributed by atoms with Crippen molar-refractivity contribution in [1.29, 1.82) is 0 Å². The second-order valence-corrected chi connectivity index (χ2v) is 5.16. The molecule has 2 fully saturated rings. The van der Waals surface area contributed by atoms with E-state index in [1.165, 1.54) is 0 Å². The van der Waals surface area contributed by atoms with Gasteiger partial charge in [0.2, 0.25) is 0 Å². The summed E-state index contributed by atoms with van der Waals surface area (Å²) in [6.45, 7) is 0. The lowest BCUT2D eigenvalue weighted by Gasteiger charge is -2.22. The van der Waals surface area contributed by atoms with Crippen LogP contribution in [0.4, 0.5) is 0 Å². The Balaban J connectivity index is 1.71. The van der Waals surface area contributed by atoms with Gasteiger partial charge >= 0.3 is 5.97 Å². The summed E-state index contributed by atoms with van der Waals surface area (Å²) >= 11 is 0. The molecule has 4 heteroatoms. The number of allylic oxidation sites excluding steroid dienone is 2. The number of carbonyl (C=O) groups excluding carboxylic acids is 1. The zero-order valence-electron chi connectivity index (χ0n) is 10.5. The monoisotopic (exact) mass is 252 g/mol. The third kappa shape index (κ3) is 2.99. The molecule has 0 saturated carbocycles. The molecule has 0 amide bonds. The highest BCUT2D eigenvalue weighted by Crippen LogP contribution is 2.44. The summed E-state index contributed by atoms with van der Waals surface area (Å²) in [5.74, 6) is -0.352. The van der Waals surface area contributed by atoms with Crippen LogP contribution >= 0.6 is 0 Å². The standard InChI is InChI=1S/C14H20O4/c15-9-11-10(12-7-8-13(11)18-12)5-3-1-2-4-6-14(16)17/h1,3,9-13H,2,4-8H2,(H,16,17)/b3-1-/t10-,11+,12+,13-/m1/s1. The number of hydrogen-bond acceptors (Lipinski definition) is 3. The Morgan fingerprint density at radius 3 is 2.78 bits per heavy atom. The van der Waals surface area contributed by atoms with Gasteiger partial charge in [0, 0.05) is 18.3 Å². The first-order valence-corrected chi connectivity index (χ1v) is 6.70. The van der Waals surface area contributed by atoms with Gasteiger partial charge in [-0.25, -0.2) is 0 Å². The SMILES string of the molecule is O=C[C@H]1[C@@H](C/C=C\CCCC(=O)O)[C@@H]2CC[C@H]1O2. The summed E-state index contributed by atoms with van der Waals surface area (Å²) in [4.78, 5) is 21.4. The minimum absolute atomic E-state index is 0.0624. The Morgan fingerprint density at radius 1 is 1.28 bits per heavy atom. The number of ether oxygens (including phenoxy) is 1. The maximum absolute atomic E-state index is 11.0. The zero-order chi connectivity index (χ0) is 13.0. The summed E-state index contributed by atoms with van der Waals surface area (Å²) < 4.78 is 5.76. The quantitative estimate of drug-likeness (QED) is 0.428. The van der Waals surface area contributed by atoms with E-state index in [4.69, 9.17) is 9.84 Å². The van der Waals surface area contributed by atoms with Crippen LogP contribution in [0.5, 0.6) is 0 Å². The summed E-state index contributed by atoms with van der Waals surface area (Å²) in [7, 11) is 0. The van der Waals surface area contributed by atoms with Crippen LogP contribution in [0.2, 0.25) is 0 Å². The van der Waals surface area contributed by atoms with Crippen molar-refractivity contribution in [3.63, 3.8) is 0 Å². The number of unbranched alkanes of at least 4 members (excludes halogenated alkanes) is 1. The molecule has 18 heavy (non-hydrogen) atoms. The molecule has 2 heterocycles. The van der Waals surface area contributed by atoms with E-state index in [1.54, 1.807) is 0 Å². The molecule has 100 valence electrons. The van der Waals surface area contributed by atoms with Gasteiger partial charge in [0.15, 0.2) is 0 Å². The van der Waals surface area contributed by atoms with Crippen molar-refractivity contribution in [3.8, 4) is 0 Å². The highest BCUT2D eigenvalue weighted by atomic mass is 16.5. The lowest BCUT2D eigenvalue weighted by atomic mass is 9.78. The Labute approximate surface area is 107 Å². The average Bonchev–Trinajstić information content (AvgIpc) is 2.93. The first-order chi connectivity index (χ1) is 8.72. The van der Waals surface area contributed by atoms with Crippen LogP contribution in [-0.2, 0) is 14.3 Å². The first-order valence-electron chi connectivity index (χ1n) is 6.70. The number of aldehydes is 1. The van der Waals surface area contributed by atoms with E-state index in [0.29, 0.717) is 12.3 Å². The van der Waals surface area contributed by atoms with Crippen molar-refractivity contribution < 1.29 is 19.4 Å². The molecule has 4 atom stereocenters. The molecular formula is C14H20O4. The van der Waals surface area contributed by atoms with Gasteiger partial charge in [0.05, 0.1) is 12.2 Å². The van der Waals surface area contributed by atoms with Crippen molar-refractivity contribution in [2.24, 2.45) is 11.8 Å². The summed E-state index contributed by atoms with van der Waals surface area (Å²) in [5, 5.41) is 8.50. The molecule has 2 rings (SSSR count). The van der Waals surface area contributed by atoms with E-state index in [2.05, 4.69) is 6.08 Å². The Hall–Kier alpha value is -1.16. The smallest absolute Gasteiger partial charge is 0.303 e. The van der Waals surface area contributed by atoms with Crippen LogP contribution in [0, 0.1) is 11.8 Å². The predicted octanol–water partition coefficient (Wildman–Crippen LogP) is 2.18. The van der Waals surface area contributed by atoms with Crippen LogP contribution in [0.25, 0.3) is 0 Å². The van der Waals surface area contributed by atoms with Crippen LogP contribution in [0.15, 0.2) is 12.2 Å². The molecule has 2 aliphatic heterocycles. The maximum atomic E-state index is 11.0. The highest BCUT2D eigenvalue weighted by molar-refractivity contribution is 5.66. The van der Waals surface area contributed by atoms with Crippen molar-refractivity contribution >= 4 is 12.3 Å². The van der Waals surface area contributed by atoms with Crippen molar-refractivity contribution in [2.75, 3.05) is 0 Å². The van der Waals surface area contributed by atoms with E-state index in [0.717, 1.165) is 32.0 Å². The van der Waals surface area contributed by atoms with Gasteiger partial charge < -0.3 is 14.6 Å².